The number of fused-ring (bicyclic) bond motifs is 1. The highest BCUT2D eigenvalue weighted by Crippen LogP contribution is 2.17. The molecule has 134 valence electrons. The predicted molar refractivity (Wildman–Crippen MR) is 98.1 cm³/mol. The number of likely N-dealkylation sites (N-methyl/N-ethyl adjacent to an activating group) is 1. The summed E-state index contributed by atoms with van der Waals surface area (Å²) in [6.45, 7) is 3.89. The number of anilines is 1. The Labute approximate surface area is 152 Å². The molecular formula is C18H21N7O. The lowest BCUT2D eigenvalue weighted by Gasteiger charge is -2.12. The Bertz CT molecular complexity index is 942. The number of nitriles is 1. The van der Waals surface area contributed by atoms with Crippen LogP contribution in [-0.4, -0.2) is 51.7 Å². The highest BCUT2D eigenvalue weighted by molar-refractivity contribution is 5.58. The molecule has 8 nitrogen and oxygen atoms in total. The first-order valence-electron chi connectivity index (χ1n) is 8.28. The van der Waals surface area contributed by atoms with Crippen LogP contribution in [0.25, 0.3) is 5.65 Å². The molecule has 26 heavy (non-hydrogen) atoms. The highest BCUT2D eigenvalue weighted by Gasteiger charge is 2.10. The first-order valence-corrected chi connectivity index (χ1v) is 8.28. The van der Waals surface area contributed by atoms with Gasteiger partial charge in [-0.25, -0.2) is 9.97 Å². The van der Waals surface area contributed by atoms with E-state index in [-0.39, 0.29) is 0 Å². The van der Waals surface area contributed by atoms with Crippen molar-refractivity contribution >= 4 is 11.5 Å². The van der Waals surface area contributed by atoms with Crippen molar-refractivity contribution in [3.8, 4) is 11.9 Å². The molecule has 0 atom stereocenters. The van der Waals surface area contributed by atoms with Gasteiger partial charge in [-0.2, -0.15) is 14.9 Å². The summed E-state index contributed by atoms with van der Waals surface area (Å²) in [6, 6.07) is 7.86. The Morgan fingerprint density at radius 1 is 1.35 bits per heavy atom. The average Bonchev–Trinajstić information content (AvgIpc) is 3.02. The number of ether oxygens (including phenoxy) is 1. The van der Waals surface area contributed by atoms with Crippen molar-refractivity contribution in [3.05, 3.63) is 47.4 Å². The van der Waals surface area contributed by atoms with Gasteiger partial charge >= 0.3 is 0 Å². The van der Waals surface area contributed by atoms with Gasteiger partial charge in [0, 0.05) is 37.1 Å². The third-order valence-electron chi connectivity index (χ3n) is 3.78. The Morgan fingerprint density at radius 3 is 2.96 bits per heavy atom. The minimum Gasteiger partial charge on any atom is -0.476 e. The molecule has 8 heteroatoms. The molecule has 0 aliphatic carbocycles. The zero-order chi connectivity index (χ0) is 18.5. The van der Waals surface area contributed by atoms with Gasteiger partial charge in [0.15, 0.2) is 5.65 Å². The SMILES string of the molecule is Cc1cc(NCc2ccnc(OCCN(C)C)c2)n2ncc(C#N)c2n1. The molecule has 3 aromatic rings. The minimum absolute atomic E-state index is 0.456. The van der Waals surface area contributed by atoms with E-state index in [1.165, 1.54) is 6.20 Å². The molecule has 0 fully saturated rings. The van der Waals surface area contributed by atoms with Crippen LogP contribution in [0.15, 0.2) is 30.6 Å². The molecule has 3 heterocycles. The standard InChI is InChI=1S/C18H21N7O/c1-13-8-16(25-18(23-13)15(10-19)12-22-25)21-11-14-4-5-20-17(9-14)26-7-6-24(2)3/h4-5,8-9,12,21H,6-7,11H2,1-3H3. The van der Waals surface area contributed by atoms with Gasteiger partial charge in [0.25, 0.3) is 0 Å². The van der Waals surface area contributed by atoms with E-state index in [1.54, 1.807) is 10.7 Å². The molecule has 1 N–H and O–H groups in total. The van der Waals surface area contributed by atoms with Gasteiger partial charge in [0.05, 0.1) is 6.20 Å². The number of hydrogen-bond donors (Lipinski definition) is 1. The number of pyridine rings is 1. The summed E-state index contributed by atoms with van der Waals surface area (Å²) >= 11 is 0. The van der Waals surface area contributed by atoms with Crippen LogP contribution < -0.4 is 10.1 Å². The number of rotatable bonds is 7. The van der Waals surface area contributed by atoms with E-state index in [4.69, 9.17) is 10.00 Å². The smallest absolute Gasteiger partial charge is 0.213 e. The largest absolute Gasteiger partial charge is 0.476 e. The first kappa shape index (κ1) is 17.6. The zero-order valence-electron chi connectivity index (χ0n) is 15.1. The van der Waals surface area contributed by atoms with Gasteiger partial charge in [-0.3, -0.25) is 0 Å². The summed E-state index contributed by atoms with van der Waals surface area (Å²) in [4.78, 5) is 10.7. The first-order chi connectivity index (χ1) is 12.6. The number of nitrogens with zero attached hydrogens (tertiary/aromatic N) is 6. The summed E-state index contributed by atoms with van der Waals surface area (Å²) in [5.41, 5.74) is 2.87. The van der Waals surface area contributed by atoms with Crippen molar-refractivity contribution in [2.24, 2.45) is 0 Å². The minimum atomic E-state index is 0.456. The Hall–Kier alpha value is -3.18. The van der Waals surface area contributed by atoms with Gasteiger partial charge in [-0.1, -0.05) is 0 Å². The Kier molecular flexibility index (Phi) is 5.29. The monoisotopic (exact) mass is 351 g/mol. The predicted octanol–water partition coefficient (Wildman–Crippen LogP) is 1.86. The maximum atomic E-state index is 9.16. The lowest BCUT2D eigenvalue weighted by molar-refractivity contribution is 0.253. The van der Waals surface area contributed by atoms with Gasteiger partial charge in [0.2, 0.25) is 5.88 Å². The molecule has 0 saturated carbocycles. The van der Waals surface area contributed by atoms with E-state index in [0.717, 1.165) is 23.6 Å². The summed E-state index contributed by atoms with van der Waals surface area (Å²) in [7, 11) is 4.00. The Morgan fingerprint density at radius 2 is 2.19 bits per heavy atom. The molecule has 3 rings (SSSR count). The number of aryl methyl sites for hydroxylation is 1. The fraction of sp³-hybridized carbons (Fsp3) is 0.333. The summed E-state index contributed by atoms with van der Waals surface area (Å²) in [5.74, 6) is 1.38. The van der Waals surface area contributed by atoms with Gasteiger partial charge in [0.1, 0.15) is 24.1 Å². The van der Waals surface area contributed by atoms with Crippen molar-refractivity contribution in [3.63, 3.8) is 0 Å². The number of nitrogens with one attached hydrogen (secondary N) is 1. The Balaban J connectivity index is 1.72. The van der Waals surface area contributed by atoms with E-state index in [0.29, 0.717) is 30.2 Å². The van der Waals surface area contributed by atoms with Gasteiger partial charge in [-0.15, -0.1) is 0 Å². The maximum absolute atomic E-state index is 9.16. The van der Waals surface area contributed by atoms with Crippen molar-refractivity contribution in [2.45, 2.75) is 13.5 Å². The van der Waals surface area contributed by atoms with Gasteiger partial charge in [-0.05, 0) is 32.6 Å². The van der Waals surface area contributed by atoms with E-state index >= 15 is 0 Å². The fourth-order valence-corrected chi connectivity index (χ4v) is 2.45. The molecule has 0 aliphatic rings. The average molecular weight is 351 g/mol. The molecule has 0 bridgehead atoms. The molecule has 0 aromatic carbocycles. The number of hydrogen-bond acceptors (Lipinski definition) is 7. The van der Waals surface area contributed by atoms with Crippen LogP contribution in [0.2, 0.25) is 0 Å². The highest BCUT2D eigenvalue weighted by atomic mass is 16.5. The molecule has 0 radical (unpaired) electrons. The van der Waals surface area contributed by atoms with Crippen LogP contribution in [0.4, 0.5) is 5.82 Å². The summed E-state index contributed by atoms with van der Waals surface area (Å²) in [5, 5.41) is 16.8. The van der Waals surface area contributed by atoms with Crippen LogP contribution in [0.5, 0.6) is 5.88 Å². The molecule has 0 saturated heterocycles. The third kappa shape index (κ3) is 4.07. The topological polar surface area (TPSA) is 91.4 Å². The van der Waals surface area contributed by atoms with Crippen molar-refractivity contribution in [2.75, 3.05) is 32.6 Å². The van der Waals surface area contributed by atoms with Crippen molar-refractivity contribution in [1.82, 2.24) is 24.5 Å². The number of aromatic nitrogens is 4. The lowest BCUT2D eigenvalue weighted by atomic mass is 10.2. The summed E-state index contributed by atoms with van der Waals surface area (Å²) < 4.78 is 7.31. The quantitative estimate of drug-likeness (QED) is 0.694. The summed E-state index contributed by atoms with van der Waals surface area (Å²) in [6.07, 6.45) is 3.26. The third-order valence-corrected chi connectivity index (χ3v) is 3.78. The molecule has 0 unspecified atom stereocenters. The normalized spacial score (nSPS) is 10.9. The van der Waals surface area contributed by atoms with Crippen LogP contribution in [0.3, 0.4) is 0 Å². The molecule has 0 amide bonds. The molecule has 3 aromatic heterocycles. The van der Waals surface area contributed by atoms with Crippen LogP contribution in [0.1, 0.15) is 16.8 Å². The van der Waals surface area contributed by atoms with E-state index in [2.05, 4.69) is 31.4 Å². The molecular weight excluding hydrogens is 330 g/mol. The second kappa shape index (κ2) is 7.80. The van der Waals surface area contributed by atoms with Crippen LogP contribution >= 0.6 is 0 Å². The van der Waals surface area contributed by atoms with E-state index in [9.17, 15) is 0 Å². The zero-order valence-corrected chi connectivity index (χ0v) is 15.1. The van der Waals surface area contributed by atoms with Crippen molar-refractivity contribution < 1.29 is 4.74 Å². The second-order valence-electron chi connectivity index (χ2n) is 6.20. The van der Waals surface area contributed by atoms with Gasteiger partial charge < -0.3 is 15.0 Å². The second-order valence-corrected chi connectivity index (χ2v) is 6.20. The maximum Gasteiger partial charge on any atom is 0.213 e. The van der Waals surface area contributed by atoms with E-state index in [1.807, 2.05) is 39.2 Å². The molecule has 0 aliphatic heterocycles. The molecule has 0 spiro atoms. The lowest BCUT2D eigenvalue weighted by Crippen LogP contribution is -2.19. The van der Waals surface area contributed by atoms with Crippen LogP contribution in [-0.2, 0) is 6.54 Å². The van der Waals surface area contributed by atoms with E-state index < -0.39 is 0 Å². The van der Waals surface area contributed by atoms with Crippen molar-refractivity contribution in [1.29, 1.82) is 5.26 Å². The fourth-order valence-electron chi connectivity index (χ4n) is 2.45. The van der Waals surface area contributed by atoms with Crippen LogP contribution in [0, 0.1) is 18.3 Å².